The number of esters is 4. The number of carbonyl (C=O) groups excluding carboxylic acids is 6. The Kier molecular flexibility index (Phi) is 4.29. The fraction of sp³-hybridized carbons (Fsp3) is 0. The van der Waals surface area contributed by atoms with Gasteiger partial charge in [-0.25, -0.2) is 19.2 Å². The van der Waals surface area contributed by atoms with Crippen LogP contribution >= 0.6 is 0 Å². The molecule has 10 heteroatoms. The number of carbonyl (C=O) groups is 6. The second-order valence-corrected chi connectivity index (χ2v) is 2.08. The first-order valence-corrected chi connectivity index (χ1v) is 3.37. The molecule has 0 fully saturated rings. The first-order chi connectivity index (χ1) is 7.25. The topological polar surface area (TPSA) is 173 Å². The first-order valence-electron chi connectivity index (χ1n) is 3.37. The summed E-state index contributed by atoms with van der Waals surface area (Å²) in [5.74, 6) is -10.9. The van der Waals surface area contributed by atoms with E-state index in [1.54, 1.807) is 0 Å². The zero-order valence-electron chi connectivity index (χ0n) is 7.42. The maximum Gasteiger partial charge on any atom is 0.426 e. The van der Waals surface area contributed by atoms with Gasteiger partial charge in [0.25, 0.3) is 0 Å². The van der Waals surface area contributed by atoms with Gasteiger partial charge in [-0.05, 0) is 0 Å². The summed E-state index contributed by atoms with van der Waals surface area (Å²) in [6.07, 6.45) is 0. The second-order valence-electron chi connectivity index (χ2n) is 2.08. The van der Waals surface area contributed by atoms with Crippen LogP contribution < -0.4 is 11.5 Å². The summed E-state index contributed by atoms with van der Waals surface area (Å²) < 4.78 is 7.05. The van der Waals surface area contributed by atoms with Gasteiger partial charge in [-0.2, -0.15) is 0 Å². The van der Waals surface area contributed by atoms with Crippen LogP contribution in [0.5, 0.6) is 0 Å². The van der Waals surface area contributed by atoms with Crippen molar-refractivity contribution in [3.05, 3.63) is 0 Å². The van der Waals surface area contributed by atoms with E-state index in [1.165, 1.54) is 0 Å². The molecule has 2 amide bonds. The van der Waals surface area contributed by atoms with Gasteiger partial charge in [0.15, 0.2) is 0 Å². The molecule has 0 aromatic carbocycles. The minimum atomic E-state index is -1.99. The number of hydrogen-bond donors (Lipinski definition) is 2. The lowest BCUT2D eigenvalue weighted by atomic mass is 10.6. The van der Waals surface area contributed by atoms with Gasteiger partial charge in [-0.3, -0.25) is 9.59 Å². The van der Waals surface area contributed by atoms with Crippen LogP contribution in [-0.4, -0.2) is 35.7 Å². The third-order valence-electron chi connectivity index (χ3n) is 0.940. The zero-order valence-corrected chi connectivity index (χ0v) is 7.42. The number of rotatable bonds is 0. The van der Waals surface area contributed by atoms with Crippen molar-refractivity contribution in [2.24, 2.45) is 11.5 Å². The van der Waals surface area contributed by atoms with Crippen LogP contribution in [0.4, 0.5) is 0 Å². The highest BCUT2D eigenvalue weighted by atomic mass is 16.6. The Labute approximate surface area is 86.4 Å². The summed E-state index contributed by atoms with van der Waals surface area (Å²) in [7, 11) is 0. The molecule has 0 aromatic heterocycles. The smallest absolute Gasteiger partial charge is 0.377 e. The van der Waals surface area contributed by atoms with Crippen LogP contribution in [0.3, 0.4) is 0 Å². The number of amides is 2. The predicted octanol–water partition coefficient (Wildman–Crippen LogP) is -3.90. The van der Waals surface area contributed by atoms with E-state index in [1.807, 2.05) is 0 Å². The average Bonchev–Trinajstić information content (AvgIpc) is 2.16. The van der Waals surface area contributed by atoms with Crippen molar-refractivity contribution in [3.8, 4) is 0 Å². The summed E-state index contributed by atoms with van der Waals surface area (Å²) in [5.41, 5.74) is 8.75. The van der Waals surface area contributed by atoms with E-state index < -0.39 is 35.7 Å². The molecule has 0 radical (unpaired) electrons. The van der Waals surface area contributed by atoms with Gasteiger partial charge in [0.05, 0.1) is 0 Å². The normalized spacial score (nSPS) is 8.75. The third-order valence-corrected chi connectivity index (χ3v) is 0.940. The molecule has 0 aliphatic carbocycles. The number of primary amides is 2. The molecule has 0 aromatic rings. The van der Waals surface area contributed by atoms with Crippen molar-refractivity contribution in [2.75, 3.05) is 0 Å². The Morgan fingerprint density at radius 2 is 0.812 bits per heavy atom. The summed E-state index contributed by atoms with van der Waals surface area (Å²) in [6, 6.07) is 0. The van der Waals surface area contributed by atoms with Crippen molar-refractivity contribution in [1.82, 2.24) is 0 Å². The van der Waals surface area contributed by atoms with E-state index in [2.05, 4.69) is 20.9 Å². The third kappa shape index (κ3) is 3.95. The standard InChI is InChI=1S/C6H4N2O8/c7-1(9)3(11)15-5(13)6(14)16-4(12)2(8)10/h(H2,7,9)(H2,8,10). The minimum absolute atomic E-state index is 1.64. The molecule has 86 valence electrons. The van der Waals surface area contributed by atoms with Crippen molar-refractivity contribution in [2.45, 2.75) is 0 Å². The Morgan fingerprint density at radius 1 is 0.562 bits per heavy atom. The van der Waals surface area contributed by atoms with Crippen molar-refractivity contribution < 1.29 is 38.2 Å². The molecule has 16 heavy (non-hydrogen) atoms. The molecular weight excluding hydrogens is 228 g/mol. The lowest BCUT2D eigenvalue weighted by molar-refractivity contribution is -0.178. The molecule has 0 aliphatic heterocycles. The minimum Gasteiger partial charge on any atom is -0.377 e. The van der Waals surface area contributed by atoms with Crippen molar-refractivity contribution in [3.63, 3.8) is 0 Å². The Morgan fingerprint density at radius 3 is 1.00 bits per heavy atom. The lowest BCUT2D eigenvalue weighted by Gasteiger charge is -1.98. The van der Waals surface area contributed by atoms with Crippen LogP contribution in [0.1, 0.15) is 0 Å². The van der Waals surface area contributed by atoms with E-state index in [-0.39, 0.29) is 0 Å². The molecule has 0 unspecified atom stereocenters. The fourth-order valence-corrected chi connectivity index (χ4v) is 0.352. The first kappa shape index (κ1) is 13.2. The summed E-state index contributed by atoms with van der Waals surface area (Å²) >= 11 is 0. The Balaban J connectivity index is 4.37. The highest BCUT2D eigenvalue weighted by molar-refractivity contribution is 6.43. The van der Waals surface area contributed by atoms with Gasteiger partial charge in [0.2, 0.25) is 0 Å². The van der Waals surface area contributed by atoms with E-state index in [9.17, 15) is 28.8 Å². The van der Waals surface area contributed by atoms with E-state index >= 15 is 0 Å². The SMILES string of the molecule is NC(=O)C(=O)OC(=O)C(=O)OC(=O)C(N)=O. The highest BCUT2D eigenvalue weighted by Gasteiger charge is 2.27. The summed E-state index contributed by atoms with van der Waals surface area (Å²) in [4.78, 5) is 62.1. The lowest BCUT2D eigenvalue weighted by Crippen LogP contribution is -2.35. The number of hydrogen-bond acceptors (Lipinski definition) is 8. The van der Waals surface area contributed by atoms with E-state index in [0.29, 0.717) is 0 Å². The highest BCUT2D eigenvalue weighted by Crippen LogP contribution is 1.87. The van der Waals surface area contributed by atoms with Crippen LogP contribution in [0.15, 0.2) is 0 Å². The monoisotopic (exact) mass is 232 g/mol. The van der Waals surface area contributed by atoms with Crippen LogP contribution in [0, 0.1) is 0 Å². The van der Waals surface area contributed by atoms with Gasteiger partial charge in [-0.1, -0.05) is 0 Å². The van der Waals surface area contributed by atoms with Gasteiger partial charge in [0, 0.05) is 0 Å². The van der Waals surface area contributed by atoms with Crippen LogP contribution in [0.25, 0.3) is 0 Å². The fourth-order valence-electron chi connectivity index (χ4n) is 0.352. The molecule has 0 aliphatic rings. The maximum atomic E-state index is 10.6. The largest absolute Gasteiger partial charge is 0.426 e. The van der Waals surface area contributed by atoms with E-state index in [0.717, 1.165) is 0 Å². The molecule has 0 saturated carbocycles. The molecule has 0 heterocycles. The van der Waals surface area contributed by atoms with Crippen LogP contribution in [0.2, 0.25) is 0 Å². The molecule has 0 bridgehead atoms. The maximum absolute atomic E-state index is 10.6. The van der Waals surface area contributed by atoms with Crippen molar-refractivity contribution >= 4 is 35.7 Å². The van der Waals surface area contributed by atoms with Crippen LogP contribution in [-0.2, 0) is 38.2 Å². The predicted molar refractivity (Wildman–Crippen MR) is 40.6 cm³/mol. The number of nitrogens with two attached hydrogens (primary N) is 2. The molecule has 4 N–H and O–H groups in total. The average molecular weight is 232 g/mol. The molecular formula is C6H4N2O8. The molecule has 0 rings (SSSR count). The van der Waals surface area contributed by atoms with Gasteiger partial charge >= 0.3 is 35.7 Å². The molecule has 0 spiro atoms. The van der Waals surface area contributed by atoms with E-state index in [4.69, 9.17) is 0 Å². The quantitative estimate of drug-likeness (QED) is 0.242. The summed E-state index contributed by atoms with van der Waals surface area (Å²) in [5, 5.41) is 0. The second kappa shape index (κ2) is 5.19. The molecule has 10 nitrogen and oxygen atoms in total. The van der Waals surface area contributed by atoms with Gasteiger partial charge in [0.1, 0.15) is 0 Å². The molecule has 0 saturated heterocycles. The Hall–Kier alpha value is -2.78. The number of ether oxygens (including phenoxy) is 2. The Bertz CT molecular complexity index is 359. The molecule has 0 atom stereocenters. The van der Waals surface area contributed by atoms with Gasteiger partial charge in [-0.15, -0.1) is 0 Å². The van der Waals surface area contributed by atoms with Crippen molar-refractivity contribution in [1.29, 1.82) is 0 Å². The summed E-state index contributed by atoms with van der Waals surface area (Å²) in [6.45, 7) is 0. The zero-order chi connectivity index (χ0) is 12.9. The van der Waals surface area contributed by atoms with Gasteiger partial charge < -0.3 is 20.9 Å².